The smallest absolute Gasteiger partial charge is 0.341 e. The summed E-state index contributed by atoms with van der Waals surface area (Å²) < 4.78 is 15.4. The Hall–Kier alpha value is -1.37. The molecule has 1 aromatic heterocycles. The molecule has 2 heterocycles. The molecule has 1 unspecified atom stereocenters. The second-order valence-electron chi connectivity index (χ2n) is 5.27. The van der Waals surface area contributed by atoms with Crippen molar-refractivity contribution in [3.05, 3.63) is 23.7 Å². The quantitative estimate of drug-likeness (QED) is 0.729. The van der Waals surface area contributed by atoms with Crippen molar-refractivity contribution in [2.45, 2.75) is 25.4 Å². The van der Waals surface area contributed by atoms with E-state index in [2.05, 4.69) is 10.2 Å². The van der Waals surface area contributed by atoms with Crippen molar-refractivity contribution in [3.63, 3.8) is 0 Å². The molecule has 21 heavy (non-hydrogen) atoms. The Morgan fingerprint density at radius 2 is 2.38 bits per heavy atom. The van der Waals surface area contributed by atoms with Gasteiger partial charge in [0.2, 0.25) is 0 Å². The molecule has 1 atom stereocenters. The molecule has 1 saturated heterocycles. The number of methoxy groups -OCH3 is 2. The van der Waals surface area contributed by atoms with Crippen LogP contribution in [0.1, 0.15) is 29.0 Å². The van der Waals surface area contributed by atoms with Crippen molar-refractivity contribution in [2.24, 2.45) is 0 Å². The number of nitrogens with one attached hydrogen (secondary N) is 1. The summed E-state index contributed by atoms with van der Waals surface area (Å²) in [6.45, 7) is 4.04. The average molecular weight is 296 g/mol. The number of esters is 1. The van der Waals surface area contributed by atoms with Crippen LogP contribution in [0.25, 0.3) is 0 Å². The fourth-order valence-corrected chi connectivity index (χ4v) is 2.64. The number of ether oxygens (including phenoxy) is 2. The molecular weight excluding hydrogens is 272 g/mol. The number of rotatable bonds is 8. The molecule has 6 nitrogen and oxygen atoms in total. The van der Waals surface area contributed by atoms with E-state index in [-0.39, 0.29) is 5.97 Å². The van der Waals surface area contributed by atoms with Gasteiger partial charge < -0.3 is 19.2 Å². The molecule has 0 radical (unpaired) electrons. The number of carbonyl (C=O) groups is 1. The zero-order chi connectivity index (χ0) is 15.1. The summed E-state index contributed by atoms with van der Waals surface area (Å²) in [5.41, 5.74) is 0.499. The molecule has 6 heteroatoms. The number of hydrogen-bond acceptors (Lipinski definition) is 6. The van der Waals surface area contributed by atoms with Gasteiger partial charge in [0.05, 0.1) is 26.5 Å². The lowest BCUT2D eigenvalue weighted by Gasteiger charge is -2.24. The van der Waals surface area contributed by atoms with Crippen LogP contribution in [-0.4, -0.2) is 57.4 Å². The van der Waals surface area contributed by atoms with E-state index in [1.165, 1.54) is 26.2 Å². The second kappa shape index (κ2) is 8.17. The Morgan fingerprint density at radius 3 is 3.05 bits per heavy atom. The van der Waals surface area contributed by atoms with Crippen molar-refractivity contribution in [1.82, 2.24) is 10.2 Å². The normalized spacial score (nSPS) is 18.3. The lowest BCUT2D eigenvalue weighted by atomic mass is 10.2. The third-order valence-electron chi connectivity index (χ3n) is 3.77. The fourth-order valence-electron chi connectivity index (χ4n) is 2.64. The SMILES string of the molecule is COCCN(Cc1occc1C(=O)OC)CC1CCCN1. The van der Waals surface area contributed by atoms with Gasteiger partial charge in [-0.3, -0.25) is 4.90 Å². The number of hydrogen-bond donors (Lipinski definition) is 1. The molecule has 0 bridgehead atoms. The maximum atomic E-state index is 11.7. The molecule has 0 spiro atoms. The molecule has 1 aromatic rings. The summed E-state index contributed by atoms with van der Waals surface area (Å²) in [5.74, 6) is 0.292. The highest BCUT2D eigenvalue weighted by molar-refractivity contribution is 5.90. The van der Waals surface area contributed by atoms with Crippen LogP contribution in [0.2, 0.25) is 0 Å². The van der Waals surface area contributed by atoms with E-state index in [4.69, 9.17) is 13.9 Å². The maximum absolute atomic E-state index is 11.7. The maximum Gasteiger partial charge on any atom is 0.341 e. The van der Waals surface area contributed by atoms with Crippen molar-refractivity contribution in [1.29, 1.82) is 0 Å². The minimum absolute atomic E-state index is 0.357. The largest absolute Gasteiger partial charge is 0.467 e. The van der Waals surface area contributed by atoms with Crippen LogP contribution in [0.5, 0.6) is 0 Å². The molecule has 1 N–H and O–H groups in total. The Labute approximate surface area is 125 Å². The zero-order valence-corrected chi connectivity index (χ0v) is 12.8. The molecule has 0 saturated carbocycles. The summed E-state index contributed by atoms with van der Waals surface area (Å²) in [4.78, 5) is 13.9. The summed E-state index contributed by atoms with van der Waals surface area (Å²) in [7, 11) is 3.07. The Morgan fingerprint density at radius 1 is 1.52 bits per heavy atom. The topological polar surface area (TPSA) is 63.9 Å². The van der Waals surface area contributed by atoms with Gasteiger partial charge in [-0.05, 0) is 25.5 Å². The molecule has 1 aliphatic rings. The van der Waals surface area contributed by atoms with Gasteiger partial charge in [-0.15, -0.1) is 0 Å². The summed E-state index contributed by atoms with van der Waals surface area (Å²) in [6.07, 6.45) is 3.94. The average Bonchev–Trinajstić information content (AvgIpc) is 3.15. The molecule has 2 rings (SSSR count). The van der Waals surface area contributed by atoms with Crippen molar-refractivity contribution in [2.75, 3.05) is 40.5 Å². The molecule has 1 aliphatic heterocycles. The third kappa shape index (κ3) is 4.56. The van der Waals surface area contributed by atoms with Gasteiger partial charge in [0.15, 0.2) is 0 Å². The highest BCUT2D eigenvalue weighted by Gasteiger charge is 2.21. The summed E-state index contributed by atoms with van der Waals surface area (Å²) in [5, 5.41) is 3.49. The third-order valence-corrected chi connectivity index (χ3v) is 3.77. The lowest BCUT2D eigenvalue weighted by molar-refractivity contribution is 0.0595. The van der Waals surface area contributed by atoms with Crippen LogP contribution < -0.4 is 5.32 Å². The number of carbonyl (C=O) groups excluding carboxylic acids is 1. The van der Waals surface area contributed by atoms with Gasteiger partial charge >= 0.3 is 5.97 Å². The van der Waals surface area contributed by atoms with E-state index in [0.29, 0.717) is 30.5 Å². The zero-order valence-electron chi connectivity index (χ0n) is 12.8. The van der Waals surface area contributed by atoms with E-state index in [9.17, 15) is 4.79 Å². The summed E-state index contributed by atoms with van der Waals surface area (Å²) in [6, 6.07) is 2.15. The summed E-state index contributed by atoms with van der Waals surface area (Å²) >= 11 is 0. The first-order valence-electron chi connectivity index (χ1n) is 7.34. The van der Waals surface area contributed by atoms with Crippen LogP contribution in [-0.2, 0) is 16.0 Å². The number of furan rings is 1. The Kier molecular flexibility index (Phi) is 6.22. The molecule has 118 valence electrons. The van der Waals surface area contributed by atoms with Crippen LogP contribution in [0.15, 0.2) is 16.7 Å². The van der Waals surface area contributed by atoms with Gasteiger partial charge in [0.25, 0.3) is 0 Å². The van der Waals surface area contributed by atoms with Crippen LogP contribution in [0, 0.1) is 0 Å². The van der Waals surface area contributed by atoms with Gasteiger partial charge in [-0.1, -0.05) is 0 Å². The van der Waals surface area contributed by atoms with Crippen molar-refractivity contribution < 1.29 is 18.7 Å². The lowest BCUT2D eigenvalue weighted by Crippen LogP contribution is -2.39. The van der Waals surface area contributed by atoms with Crippen LogP contribution >= 0.6 is 0 Å². The molecule has 0 aliphatic carbocycles. The first kappa shape index (κ1) is 16.0. The van der Waals surface area contributed by atoms with Crippen LogP contribution in [0.4, 0.5) is 0 Å². The van der Waals surface area contributed by atoms with E-state index in [1.807, 2.05) is 0 Å². The highest BCUT2D eigenvalue weighted by Crippen LogP contribution is 2.16. The van der Waals surface area contributed by atoms with Crippen LogP contribution in [0.3, 0.4) is 0 Å². The molecule has 0 amide bonds. The second-order valence-corrected chi connectivity index (χ2v) is 5.27. The minimum atomic E-state index is -0.357. The van der Waals surface area contributed by atoms with Gasteiger partial charge in [0.1, 0.15) is 11.3 Å². The monoisotopic (exact) mass is 296 g/mol. The minimum Gasteiger partial charge on any atom is -0.467 e. The van der Waals surface area contributed by atoms with Gasteiger partial charge in [0, 0.05) is 26.2 Å². The Bertz CT molecular complexity index is 441. The number of nitrogens with zero attached hydrogens (tertiary/aromatic N) is 1. The van der Waals surface area contributed by atoms with E-state index in [0.717, 1.165) is 19.6 Å². The standard InChI is InChI=1S/C15H24N2O4/c1-19-9-7-17(10-12-4-3-6-16-12)11-14-13(5-8-21-14)15(18)20-2/h5,8,12,16H,3-4,6-7,9-11H2,1-2H3. The predicted molar refractivity (Wildman–Crippen MR) is 78.2 cm³/mol. The van der Waals surface area contributed by atoms with Gasteiger partial charge in [-0.25, -0.2) is 4.79 Å². The van der Waals surface area contributed by atoms with E-state index in [1.54, 1.807) is 13.2 Å². The molecular formula is C15H24N2O4. The highest BCUT2D eigenvalue weighted by atomic mass is 16.5. The fraction of sp³-hybridized carbons (Fsp3) is 0.667. The van der Waals surface area contributed by atoms with Gasteiger partial charge in [-0.2, -0.15) is 0 Å². The van der Waals surface area contributed by atoms with Crippen molar-refractivity contribution in [3.8, 4) is 0 Å². The molecule has 0 aromatic carbocycles. The van der Waals surface area contributed by atoms with E-state index >= 15 is 0 Å². The van der Waals surface area contributed by atoms with E-state index < -0.39 is 0 Å². The first-order chi connectivity index (χ1) is 10.2. The Balaban J connectivity index is 1.99. The first-order valence-corrected chi connectivity index (χ1v) is 7.34. The van der Waals surface area contributed by atoms with Crippen molar-refractivity contribution >= 4 is 5.97 Å². The predicted octanol–water partition coefficient (Wildman–Crippen LogP) is 1.27. The molecule has 1 fully saturated rings.